The highest BCUT2D eigenvalue weighted by Gasteiger charge is 2.33. The Morgan fingerprint density at radius 2 is 1.83 bits per heavy atom. The van der Waals surface area contributed by atoms with Crippen molar-refractivity contribution in [2.75, 3.05) is 0 Å². The van der Waals surface area contributed by atoms with E-state index < -0.39 is 29.6 Å². The molecule has 0 amide bonds. The molecule has 5 nitrogen and oxygen atoms in total. The van der Waals surface area contributed by atoms with Gasteiger partial charge in [-0.25, -0.2) is 4.79 Å². The van der Waals surface area contributed by atoms with Gasteiger partial charge in [-0.1, -0.05) is 32.0 Å². The van der Waals surface area contributed by atoms with Crippen LogP contribution in [0.5, 0.6) is 0 Å². The van der Waals surface area contributed by atoms with Crippen molar-refractivity contribution >= 4 is 21.6 Å². The van der Waals surface area contributed by atoms with Gasteiger partial charge >= 0.3 is 11.9 Å². The normalized spacial score (nSPS) is 12.3. The zero-order valence-electron chi connectivity index (χ0n) is 16.2. The van der Waals surface area contributed by atoms with E-state index in [9.17, 15) is 27.9 Å². The molecule has 0 aliphatic heterocycles. The van der Waals surface area contributed by atoms with Crippen LogP contribution in [0.15, 0.2) is 33.9 Å². The van der Waals surface area contributed by atoms with Gasteiger partial charge in [0.15, 0.2) is 0 Å². The average Bonchev–Trinajstić information content (AvgIpc) is 3.01. The summed E-state index contributed by atoms with van der Waals surface area (Å²) >= 11 is 1.09. The minimum absolute atomic E-state index is 0.0517. The molecule has 3 rings (SSSR count). The predicted octanol–water partition coefficient (Wildman–Crippen LogP) is 3.52. The second kappa shape index (κ2) is 7.79. The lowest BCUT2D eigenvalue weighted by molar-refractivity contribution is -0.138. The topological polar surface area (TPSA) is 64.2 Å². The Morgan fingerprint density at radius 1 is 1.17 bits per heavy atom. The van der Waals surface area contributed by atoms with Gasteiger partial charge in [-0.05, 0) is 17.5 Å². The van der Waals surface area contributed by atoms with Gasteiger partial charge in [0.25, 0.3) is 5.56 Å². The van der Waals surface area contributed by atoms with Crippen molar-refractivity contribution in [3.05, 3.63) is 66.7 Å². The van der Waals surface area contributed by atoms with Crippen LogP contribution in [0.25, 0.3) is 10.2 Å². The first-order chi connectivity index (χ1) is 13.6. The maximum atomic E-state index is 13.4. The summed E-state index contributed by atoms with van der Waals surface area (Å²) in [6, 6.07) is 5.23. The standard InChI is InChI=1S/C20H21F3N2O3S/c1-11(2)9-25-18-16(17(27)24(3)19(25)28)13(10-26)15(29-18)8-12-6-4-5-7-14(12)20(21,22)23/h4-7,11,26H,8-10H2,1-3H3. The maximum absolute atomic E-state index is 13.4. The third-order valence-corrected chi connectivity index (χ3v) is 5.99. The monoisotopic (exact) mass is 426 g/mol. The van der Waals surface area contributed by atoms with E-state index in [1.807, 2.05) is 13.8 Å². The molecule has 0 saturated heterocycles. The molecular formula is C20H21F3N2O3S. The Hall–Kier alpha value is -2.39. The quantitative estimate of drug-likeness (QED) is 0.679. The third-order valence-electron chi connectivity index (χ3n) is 4.73. The van der Waals surface area contributed by atoms with Crippen LogP contribution in [-0.2, 0) is 32.8 Å². The van der Waals surface area contributed by atoms with Crippen molar-refractivity contribution in [3.63, 3.8) is 0 Å². The van der Waals surface area contributed by atoms with Crippen molar-refractivity contribution in [1.82, 2.24) is 9.13 Å². The van der Waals surface area contributed by atoms with Crippen molar-refractivity contribution in [2.24, 2.45) is 13.0 Å². The van der Waals surface area contributed by atoms with Gasteiger partial charge in [-0.15, -0.1) is 11.3 Å². The van der Waals surface area contributed by atoms with Gasteiger partial charge in [0.05, 0.1) is 17.6 Å². The van der Waals surface area contributed by atoms with E-state index in [4.69, 9.17) is 0 Å². The lowest BCUT2D eigenvalue weighted by atomic mass is 10.0. The smallest absolute Gasteiger partial charge is 0.392 e. The Labute approximate surface area is 168 Å². The molecular weight excluding hydrogens is 405 g/mol. The first-order valence-corrected chi connectivity index (χ1v) is 9.87. The number of aromatic nitrogens is 2. The highest BCUT2D eigenvalue weighted by Crippen LogP contribution is 2.36. The molecule has 2 aromatic heterocycles. The van der Waals surface area contributed by atoms with Gasteiger partial charge in [0.2, 0.25) is 0 Å². The van der Waals surface area contributed by atoms with Crippen LogP contribution in [0.3, 0.4) is 0 Å². The van der Waals surface area contributed by atoms with Crippen molar-refractivity contribution < 1.29 is 18.3 Å². The van der Waals surface area contributed by atoms with E-state index in [0.717, 1.165) is 22.0 Å². The molecule has 1 N–H and O–H groups in total. The van der Waals surface area contributed by atoms with Gasteiger partial charge in [-0.3, -0.25) is 13.9 Å². The van der Waals surface area contributed by atoms with E-state index in [0.29, 0.717) is 16.3 Å². The molecule has 0 spiro atoms. The van der Waals surface area contributed by atoms with Crippen molar-refractivity contribution in [3.8, 4) is 0 Å². The highest BCUT2D eigenvalue weighted by molar-refractivity contribution is 7.18. The molecule has 9 heteroatoms. The van der Waals surface area contributed by atoms with Crippen LogP contribution in [-0.4, -0.2) is 14.2 Å². The zero-order valence-corrected chi connectivity index (χ0v) is 17.0. The molecule has 0 fully saturated rings. The SMILES string of the molecule is CC(C)Cn1c(=O)n(C)c(=O)c2c(CO)c(Cc3ccccc3C(F)(F)F)sc21. The second-order valence-corrected chi connectivity index (χ2v) is 8.41. The molecule has 1 aromatic carbocycles. The molecule has 156 valence electrons. The van der Waals surface area contributed by atoms with Gasteiger partial charge in [0, 0.05) is 30.5 Å². The first-order valence-electron chi connectivity index (χ1n) is 9.06. The van der Waals surface area contributed by atoms with Crippen molar-refractivity contribution in [1.29, 1.82) is 0 Å². The van der Waals surface area contributed by atoms with Gasteiger partial charge in [0.1, 0.15) is 4.83 Å². The summed E-state index contributed by atoms with van der Waals surface area (Å²) in [7, 11) is 1.36. The number of rotatable bonds is 5. The fourth-order valence-electron chi connectivity index (χ4n) is 3.39. The minimum atomic E-state index is -4.51. The number of aliphatic hydroxyl groups excluding tert-OH is 1. The van der Waals surface area contributed by atoms with Gasteiger partial charge < -0.3 is 5.11 Å². The van der Waals surface area contributed by atoms with Crippen molar-refractivity contribution in [2.45, 2.75) is 39.6 Å². The maximum Gasteiger partial charge on any atom is 0.416 e. The molecule has 0 unspecified atom stereocenters. The van der Waals surface area contributed by atoms with Gasteiger partial charge in [-0.2, -0.15) is 13.2 Å². The number of hydrogen-bond donors (Lipinski definition) is 1. The summed E-state index contributed by atoms with van der Waals surface area (Å²) < 4.78 is 42.6. The lowest BCUT2D eigenvalue weighted by Gasteiger charge is -2.12. The summed E-state index contributed by atoms with van der Waals surface area (Å²) in [5, 5.41) is 10.1. The van der Waals surface area contributed by atoms with Crippen LogP contribution in [0.1, 0.15) is 35.4 Å². The average molecular weight is 426 g/mol. The van der Waals surface area contributed by atoms with Crippen LogP contribution >= 0.6 is 11.3 Å². The summed E-state index contributed by atoms with van der Waals surface area (Å²) in [5.41, 5.74) is -1.46. The number of hydrogen-bond acceptors (Lipinski definition) is 4. The molecule has 0 aliphatic rings. The van der Waals surface area contributed by atoms with E-state index in [2.05, 4.69) is 0 Å². The van der Waals surface area contributed by atoms with Crippen LogP contribution in [0.2, 0.25) is 0 Å². The van der Waals surface area contributed by atoms with Crippen LogP contribution < -0.4 is 11.2 Å². The lowest BCUT2D eigenvalue weighted by Crippen LogP contribution is -2.38. The molecule has 2 heterocycles. The summed E-state index contributed by atoms with van der Waals surface area (Å²) in [5.74, 6) is 0.113. The Bertz CT molecular complexity index is 1170. The fraction of sp³-hybridized carbons (Fsp3) is 0.400. The number of thiophene rings is 1. The second-order valence-electron chi connectivity index (χ2n) is 7.32. The molecule has 0 atom stereocenters. The number of aliphatic hydroxyl groups is 1. The fourth-order valence-corrected chi connectivity index (χ4v) is 4.72. The molecule has 0 bridgehead atoms. The molecule has 0 radical (unpaired) electrons. The minimum Gasteiger partial charge on any atom is -0.392 e. The van der Waals surface area contributed by atoms with E-state index in [1.165, 1.54) is 29.8 Å². The largest absolute Gasteiger partial charge is 0.416 e. The summed E-state index contributed by atoms with van der Waals surface area (Å²) in [6.07, 6.45) is -4.60. The third kappa shape index (κ3) is 3.89. The number of halogens is 3. The Balaban J connectivity index is 2.28. The summed E-state index contributed by atoms with van der Waals surface area (Å²) in [6.45, 7) is 3.70. The predicted molar refractivity (Wildman–Crippen MR) is 106 cm³/mol. The van der Waals surface area contributed by atoms with E-state index >= 15 is 0 Å². The number of alkyl halides is 3. The van der Waals surface area contributed by atoms with E-state index in [1.54, 1.807) is 0 Å². The molecule has 0 aliphatic carbocycles. The number of fused-ring (bicyclic) bond motifs is 1. The number of nitrogens with zero attached hydrogens (tertiary/aromatic N) is 2. The van der Waals surface area contributed by atoms with Crippen LogP contribution in [0, 0.1) is 5.92 Å². The molecule has 29 heavy (non-hydrogen) atoms. The Morgan fingerprint density at radius 3 is 2.41 bits per heavy atom. The molecule has 3 aromatic rings. The molecule has 0 saturated carbocycles. The van der Waals surface area contributed by atoms with E-state index in [-0.39, 0.29) is 28.9 Å². The number of benzene rings is 1. The highest BCUT2D eigenvalue weighted by atomic mass is 32.1. The first kappa shape index (κ1) is 21.3. The Kier molecular flexibility index (Phi) is 5.73. The zero-order chi connectivity index (χ0) is 21.5. The summed E-state index contributed by atoms with van der Waals surface area (Å²) in [4.78, 5) is 26.2. The van der Waals surface area contributed by atoms with Crippen LogP contribution in [0.4, 0.5) is 13.2 Å².